The standard InChI is InChI=1S/C16H16ClF3O3/c1-7(2)8(3)10-6-13-9(5-12(10)17)4-11(15(21)22)14(23-13)16(18,19)20/h4-8,14H,1-3H3,(H,21,22)/t8?,14-/m0/s1. The summed E-state index contributed by atoms with van der Waals surface area (Å²) in [6.45, 7) is 5.87. The van der Waals surface area contributed by atoms with Crippen molar-refractivity contribution in [3.8, 4) is 5.75 Å². The monoisotopic (exact) mass is 348 g/mol. The van der Waals surface area contributed by atoms with Gasteiger partial charge >= 0.3 is 12.1 Å². The molecule has 1 unspecified atom stereocenters. The zero-order valence-corrected chi connectivity index (χ0v) is 13.5. The highest BCUT2D eigenvalue weighted by Gasteiger charge is 2.48. The Labute approximate surface area is 136 Å². The minimum absolute atomic E-state index is 0.00998. The molecule has 0 spiro atoms. The molecule has 1 aromatic rings. The molecule has 7 heteroatoms. The maximum Gasteiger partial charge on any atom is 0.430 e. The number of ether oxygens (including phenoxy) is 1. The van der Waals surface area contributed by atoms with Gasteiger partial charge in [-0.3, -0.25) is 0 Å². The van der Waals surface area contributed by atoms with Gasteiger partial charge in [0.05, 0.1) is 5.57 Å². The lowest BCUT2D eigenvalue weighted by Crippen LogP contribution is -2.40. The second kappa shape index (κ2) is 6.07. The average Bonchev–Trinajstić information content (AvgIpc) is 2.43. The van der Waals surface area contributed by atoms with E-state index in [9.17, 15) is 18.0 Å². The van der Waals surface area contributed by atoms with Gasteiger partial charge in [0.2, 0.25) is 6.10 Å². The van der Waals surface area contributed by atoms with Crippen LogP contribution in [0, 0.1) is 5.92 Å². The molecule has 0 amide bonds. The molecule has 1 aliphatic heterocycles. The number of rotatable bonds is 3. The predicted octanol–water partition coefficient (Wildman–Crippen LogP) is 4.89. The van der Waals surface area contributed by atoms with Crippen molar-refractivity contribution < 1.29 is 27.8 Å². The second-order valence-corrected chi connectivity index (χ2v) is 6.30. The van der Waals surface area contributed by atoms with Crippen LogP contribution in [0.4, 0.5) is 13.2 Å². The Hall–Kier alpha value is -1.69. The summed E-state index contributed by atoms with van der Waals surface area (Å²) in [5, 5.41) is 9.38. The fraction of sp³-hybridized carbons (Fsp3) is 0.438. The van der Waals surface area contributed by atoms with Gasteiger partial charge in [-0.25, -0.2) is 4.79 Å². The summed E-state index contributed by atoms with van der Waals surface area (Å²) in [7, 11) is 0. The number of hydrogen-bond donors (Lipinski definition) is 1. The lowest BCUT2D eigenvalue weighted by atomic mass is 9.88. The molecule has 0 radical (unpaired) electrons. The molecule has 0 aromatic heterocycles. The Kier molecular flexibility index (Phi) is 4.66. The molecule has 0 saturated carbocycles. The molecule has 2 atom stereocenters. The van der Waals surface area contributed by atoms with Crippen molar-refractivity contribution in [3.63, 3.8) is 0 Å². The zero-order valence-electron chi connectivity index (χ0n) is 12.7. The van der Waals surface area contributed by atoms with Crippen LogP contribution in [0.5, 0.6) is 5.75 Å². The van der Waals surface area contributed by atoms with Crippen LogP contribution in [0.3, 0.4) is 0 Å². The van der Waals surface area contributed by atoms with Crippen LogP contribution in [0.1, 0.15) is 37.8 Å². The lowest BCUT2D eigenvalue weighted by molar-refractivity contribution is -0.187. The predicted molar refractivity (Wildman–Crippen MR) is 80.8 cm³/mol. The Morgan fingerprint density at radius 3 is 2.39 bits per heavy atom. The largest absolute Gasteiger partial charge is 0.478 e. The van der Waals surface area contributed by atoms with Crippen molar-refractivity contribution >= 4 is 23.6 Å². The quantitative estimate of drug-likeness (QED) is 0.845. The van der Waals surface area contributed by atoms with Gasteiger partial charge < -0.3 is 9.84 Å². The first-order valence-corrected chi connectivity index (χ1v) is 7.41. The van der Waals surface area contributed by atoms with E-state index < -0.39 is 23.8 Å². The normalized spacial score (nSPS) is 19.0. The Morgan fingerprint density at radius 1 is 1.30 bits per heavy atom. The van der Waals surface area contributed by atoms with E-state index in [1.165, 1.54) is 12.1 Å². The van der Waals surface area contributed by atoms with Gasteiger partial charge in [0.15, 0.2) is 0 Å². The van der Waals surface area contributed by atoms with E-state index in [4.69, 9.17) is 21.4 Å². The molecule has 23 heavy (non-hydrogen) atoms. The molecule has 0 saturated heterocycles. The SMILES string of the molecule is CC(C)C(C)c1cc2c(cc1Cl)C=C(C(=O)O)[C@@H](C(F)(F)F)O2. The van der Waals surface area contributed by atoms with Gasteiger partial charge in [-0.15, -0.1) is 0 Å². The summed E-state index contributed by atoms with van der Waals surface area (Å²) in [4.78, 5) is 11.1. The number of carboxylic acids is 1. The first kappa shape index (κ1) is 17.7. The van der Waals surface area contributed by atoms with Crippen molar-refractivity contribution in [1.29, 1.82) is 0 Å². The number of fused-ring (bicyclic) bond motifs is 1. The number of carbonyl (C=O) groups is 1. The number of hydrogen-bond acceptors (Lipinski definition) is 2. The van der Waals surface area contributed by atoms with E-state index in [0.29, 0.717) is 10.6 Å². The first-order chi connectivity index (χ1) is 10.5. The smallest absolute Gasteiger partial charge is 0.430 e. The highest BCUT2D eigenvalue weighted by Crippen LogP contribution is 2.41. The summed E-state index contributed by atoms with van der Waals surface area (Å²) >= 11 is 6.20. The second-order valence-electron chi connectivity index (χ2n) is 5.89. The molecule has 3 nitrogen and oxygen atoms in total. The number of halogens is 4. The third-order valence-corrected chi connectivity index (χ3v) is 4.33. The minimum atomic E-state index is -4.81. The number of aliphatic carboxylic acids is 1. The molecule has 126 valence electrons. The van der Waals surface area contributed by atoms with Crippen LogP contribution in [-0.4, -0.2) is 23.4 Å². The molecule has 1 aliphatic rings. The summed E-state index contributed by atoms with van der Waals surface area (Å²) in [5.41, 5.74) is 0.0480. The van der Waals surface area contributed by atoms with Crippen LogP contribution in [0.15, 0.2) is 17.7 Å². The van der Waals surface area contributed by atoms with Crippen LogP contribution < -0.4 is 4.74 Å². The zero-order chi connectivity index (χ0) is 17.5. The van der Waals surface area contributed by atoms with Crippen LogP contribution >= 0.6 is 11.6 Å². The molecule has 0 aliphatic carbocycles. The van der Waals surface area contributed by atoms with Gasteiger partial charge in [-0.1, -0.05) is 32.4 Å². The van der Waals surface area contributed by atoms with E-state index in [2.05, 4.69) is 0 Å². The molecule has 2 rings (SSSR count). The van der Waals surface area contributed by atoms with Gasteiger partial charge in [0.25, 0.3) is 0 Å². The van der Waals surface area contributed by atoms with Crippen LogP contribution in [0.2, 0.25) is 5.02 Å². The van der Waals surface area contributed by atoms with Crippen molar-refractivity contribution in [1.82, 2.24) is 0 Å². The Bertz CT molecular complexity index is 665. The summed E-state index contributed by atoms with van der Waals surface area (Å²) in [6, 6.07) is 2.91. The summed E-state index contributed by atoms with van der Waals surface area (Å²) in [5.74, 6) is -1.43. The average molecular weight is 349 g/mol. The van der Waals surface area contributed by atoms with E-state index in [0.717, 1.165) is 6.08 Å². The van der Waals surface area contributed by atoms with Crippen molar-refractivity contribution in [2.24, 2.45) is 5.92 Å². The molecule has 1 aromatic carbocycles. The molecule has 0 bridgehead atoms. The molecular formula is C16H16ClF3O3. The number of alkyl halides is 3. The van der Waals surface area contributed by atoms with Crippen LogP contribution in [0.25, 0.3) is 6.08 Å². The first-order valence-electron chi connectivity index (χ1n) is 7.04. The topological polar surface area (TPSA) is 46.5 Å². The third-order valence-electron chi connectivity index (χ3n) is 4.00. The van der Waals surface area contributed by atoms with Gasteiger partial charge in [-0.2, -0.15) is 13.2 Å². The fourth-order valence-corrected chi connectivity index (χ4v) is 2.70. The third kappa shape index (κ3) is 3.47. The summed E-state index contributed by atoms with van der Waals surface area (Å²) < 4.78 is 44.1. The highest BCUT2D eigenvalue weighted by atomic mass is 35.5. The highest BCUT2D eigenvalue weighted by molar-refractivity contribution is 6.31. The molecule has 1 N–H and O–H groups in total. The van der Waals surface area contributed by atoms with Crippen molar-refractivity contribution in [3.05, 3.63) is 33.9 Å². The molecule has 0 fully saturated rings. The van der Waals surface area contributed by atoms with E-state index >= 15 is 0 Å². The van der Waals surface area contributed by atoms with Gasteiger partial charge in [0, 0.05) is 10.6 Å². The van der Waals surface area contributed by atoms with E-state index in [1.54, 1.807) is 0 Å². The van der Waals surface area contributed by atoms with Gasteiger partial charge in [-0.05, 0) is 35.6 Å². The van der Waals surface area contributed by atoms with E-state index in [-0.39, 0.29) is 23.1 Å². The van der Waals surface area contributed by atoms with Crippen molar-refractivity contribution in [2.45, 2.75) is 39.0 Å². The van der Waals surface area contributed by atoms with E-state index in [1.807, 2.05) is 20.8 Å². The Balaban J connectivity index is 2.56. The Morgan fingerprint density at radius 2 is 1.91 bits per heavy atom. The molecular weight excluding hydrogens is 333 g/mol. The molecule has 1 heterocycles. The van der Waals surface area contributed by atoms with Crippen molar-refractivity contribution in [2.75, 3.05) is 0 Å². The maximum atomic E-state index is 13.1. The number of carboxylic acid groups (broad SMARTS) is 1. The summed E-state index contributed by atoms with van der Waals surface area (Å²) in [6.07, 6.45) is -6.34. The minimum Gasteiger partial charge on any atom is -0.478 e. The lowest BCUT2D eigenvalue weighted by Gasteiger charge is -2.28. The number of benzene rings is 1. The maximum absolute atomic E-state index is 13.1. The van der Waals surface area contributed by atoms with Gasteiger partial charge in [0.1, 0.15) is 5.75 Å². The van der Waals surface area contributed by atoms with Crippen LogP contribution in [-0.2, 0) is 4.79 Å². The fourth-order valence-electron chi connectivity index (χ4n) is 2.36.